The zero-order chi connectivity index (χ0) is 15.8. The Labute approximate surface area is 136 Å². The quantitative estimate of drug-likeness (QED) is 0.615. The van der Waals surface area contributed by atoms with E-state index in [1.807, 2.05) is 42.5 Å². The number of aromatic nitrogens is 4. The molecule has 2 heterocycles. The summed E-state index contributed by atoms with van der Waals surface area (Å²) in [7, 11) is 0. The fraction of sp³-hybridized carbons (Fsp3) is 0. The highest BCUT2D eigenvalue weighted by molar-refractivity contribution is 6.30. The molecular formula is C17H11ClN4O. The van der Waals surface area contributed by atoms with Crippen molar-refractivity contribution in [1.29, 1.82) is 0 Å². The molecule has 0 aliphatic rings. The van der Waals surface area contributed by atoms with Gasteiger partial charge in [-0.1, -0.05) is 54.1 Å². The van der Waals surface area contributed by atoms with E-state index in [-0.39, 0.29) is 5.56 Å². The van der Waals surface area contributed by atoms with Crippen LogP contribution in [0.15, 0.2) is 65.6 Å². The standard InChI is InChI=1S/C17H11ClN4O/c18-13-8-6-11(7-9-13)14-10-22-17(19-14)20-16(23)15(21-22)12-4-2-1-3-5-12/h1-10H,(H,19,20,23). The van der Waals surface area contributed by atoms with Gasteiger partial charge in [0.05, 0.1) is 11.9 Å². The molecule has 0 saturated carbocycles. The second-order valence-electron chi connectivity index (χ2n) is 5.07. The van der Waals surface area contributed by atoms with Crippen molar-refractivity contribution in [3.63, 3.8) is 0 Å². The fourth-order valence-corrected chi connectivity index (χ4v) is 2.52. The average Bonchev–Trinajstić information content (AvgIpc) is 2.98. The van der Waals surface area contributed by atoms with E-state index in [2.05, 4.69) is 15.1 Å². The van der Waals surface area contributed by atoms with Crippen molar-refractivity contribution in [2.75, 3.05) is 0 Å². The van der Waals surface area contributed by atoms with Crippen molar-refractivity contribution in [3.8, 4) is 22.5 Å². The molecule has 0 bridgehead atoms. The van der Waals surface area contributed by atoms with Crippen LogP contribution in [0, 0.1) is 0 Å². The number of nitrogens with zero attached hydrogens (tertiary/aromatic N) is 3. The highest BCUT2D eigenvalue weighted by atomic mass is 35.5. The van der Waals surface area contributed by atoms with E-state index in [0.717, 1.165) is 16.8 Å². The van der Waals surface area contributed by atoms with E-state index in [4.69, 9.17) is 11.6 Å². The van der Waals surface area contributed by atoms with Gasteiger partial charge in [-0.2, -0.15) is 5.10 Å². The molecule has 5 nitrogen and oxygen atoms in total. The Hall–Kier alpha value is -2.92. The first-order chi connectivity index (χ1) is 11.2. The lowest BCUT2D eigenvalue weighted by molar-refractivity contribution is 0.894. The maximum atomic E-state index is 12.2. The predicted molar refractivity (Wildman–Crippen MR) is 89.5 cm³/mol. The molecule has 23 heavy (non-hydrogen) atoms. The third-order valence-electron chi connectivity index (χ3n) is 3.52. The Morgan fingerprint density at radius 1 is 0.957 bits per heavy atom. The van der Waals surface area contributed by atoms with Gasteiger partial charge in [0, 0.05) is 16.1 Å². The number of nitrogens with one attached hydrogen (secondary N) is 1. The summed E-state index contributed by atoms with van der Waals surface area (Å²) in [6.45, 7) is 0. The van der Waals surface area contributed by atoms with Crippen molar-refractivity contribution in [3.05, 3.63) is 76.2 Å². The molecule has 0 spiro atoms. The third kappa shape index (κ3) is 2.51. The predicted octanol–water partition coefficient (Wildman–Crippen LogP) is 3.41. The van der Waals surface area contributed by atoms with Crippen LogP contribution in [0.4, 0.5) is 0 Å². The van der Waals surface area contributed by atoms with E-state index >= 15 is 0 Å². The van der Waals surface area contributed by atoms with Gasteiger partial charge in [-0.25, -0.2) is 9.50 Å². The van der Waals surface area contributed by atoms with E-state index in [9.17, 15) is 4.79 Å². The molecule has 2 aromatic heterocycles. The van der Waals surface area contributed by atoms with Crippen LogP contribution < -0.4 is 5.56 Å². The number of hydrogen-bond acceptors (Lipinski definition) is 3. The number of aromatic amines is 1. The first-order valence-electron chi connectivity index (χ1n) is 7.02. The number of imidazole rings is 1. The Balaban J connectivity index is 1.87. The van der Waals surface area contributed by atoms with E-state index in [0.29, 0.717) is 16.5 Å². The van der Waals surface area contributed by atoms with Crippen LogP contribution in [0.5, 0.6) is 0 Å². The summed E-state index contributed by atoms with van der Waals surface area (Å²) < 4.78 is 1.58. The van der Waals surface area contributed by atoms with E-state index in [1.165, 1.54) is 0 Å². The van der Waals surface area contributed by atoms with Crippen LogP contribution >= 0.6 is 11.6 Å². The summed E-state index contributed by atoms with van der Waals surface area (Å²) in [5.41, 5.74) is 2.48. The minimum absolute atomic E-state index is 0.267. The van der Waals surface area contributed by atoms with E-state index in [1.54, 1.807) is 22.8 Å². The monoisotopic (exact) mass is 322 g/mol. The smallest absolute Gasteiger partial charge is 0.279 e. The lowest BCUT2D eigenvalue weighted by atomic mass is 10.2. The summed E-state index contributed by atoms with van der Waals surface area (Å²) in [4.78, 5) is 19.4. The molecule has 0 aliphatic heterocycles. The van der Waals surface area contributed by atoms with Crippen LogP contribution in [0.25, 0.3) is 28.3 Å². The molecule has 4 rings (SSSR count). The minimum Gasteiger partial charge on any atom is -0.289 e. The lowest BCUT2D eigenvalue weighted by Gasteiger charge is -1.99. The van der Waals surface area contributed by atoms with Gasteiger partial charge in [0.1, 0.15) is 0 Å². The molecule has 0 amide bonds. The Bertz CT molecular complexity index is 1040. The summed E-state index contributed by atoms with van der Waals surface area (Å²) in [6.07, 6.45) is 1.78. The number of rotatable bonds is 2. The fourth-order valence-electron chi connectivity index (χ4n) is 2.39. The van der Waals surface area contributed by atoms with Crippen LogP contribution in [0.3, 0.4) is 0 Å². The lowest BCUT2D eigenvalue weighted by Crippen LogP contribution is -2.14. The normalized spacial score (nSPS) is 11.0. The molecule has 0 saturated heterocycles. The van der Waals surface area contributed by atoms with Crippen molar-refractivity contribution >= 4 is 17.4 Å². The largest absolute Gasteiger partial charge is 0.289 e. The second-order valence-corrected chi connectivity index (χ2v) is 5.51. The third-order valence-corrected chi connectivity index (χ3v) is 3.78. The molecule has 6 heteroatoms. The summed E-state index contributed by atoms with van der Waals surface area (Å²) in [6, 6.07) is 16.7. The van der Waals surface area contributed by atoms with Gasteiger partial charge in [0.2, 0.25) is 5.78 Å². The molecule has 112 valence electrons. The first-order valence-corrected chi connectivity index (χ1v) is 7.39. The van der Waals surface area contributed by atoms with Crippen LogP contribution in [-0.2, 0) is 0 Å². The Morgan fingerprint density at radius 3 is 2.43 bits per heavy atom. The highest BCUT2D eigenvalue weighted by Crippen LogP contribution is 2.20. The van der Waals surface area contributed by atoms with Gasteiger partial charge in [-0.05, 0) is 12.1 Å². The van der Waals surface area contributed by atoms with Crippen LogP contribution in [-0.4, -0.2) is 19.6 Å². The van der Waals surface area contributed by atoms with E-state index < -0.39 is 0 Å². The summed E-state index contributed by atoms with van der Waals surface area (Å²) in [5, 5.41) is 5.06. The number of benzene rings is 2. The van der Waals surface area contributed by atoms with Gasteiger partial charge in [0.15, 0.2) is 5.69 Å². The van der Waals surface area contributed by atoms with Crippen LogP contribution in [0.2, 0.25) is 5.02 Å². The number of fused-ring (bicyclic) bond motifs is 1. The maximum absolute atomic E-state index is 12.2. The zero-order valence-electron chi connectivity index (χ0n) is 11.9. The molecule has 0 radical (unpaired) electrons. The zero-order valence-corrected chi connectivity index (χ0v) is 12.7. The van der Waals surface area contributed by atoms with Gasteiger partial charge in [0.25, 0.3) is 5.56 Å². The molecular weight excluding hydrogens is 312 g/mol. The van der Waals surface area contributed by atoms with Crippen LogP contribution in [0.1, 0.15) is 0 Å². The maximum Gasteiger partial charge on any atom is 0.279 e. The summed E-state index contributed by atoms with van der Waals surface area (Å²) >= 11 is 5.90. The molecule has 0 fully saturated rings. The topological polar surface area (TPSA) is 63.0 Å². The van der Waals surface area contributed by atoms with Gasteiger partial charge >= 0.3 is 0 Å². The van der Waals surface area contributed by atoms with Crippen molar-refractivity contribution in [2.45, 2.75) is 0 Å². The van der Waals surface area contributed by atoms with Gasteiger partial charge < -0.3 is 0 Å². The molecule has 0 atom stereocenters. The van der Waals surface area contributed by atoms with Gasteiger partial charge in [-0.15, -0.1) is 0 Å². The number of halogens is 1. The number of H-pyrrole nitrogens is 1. The molecule has 1 N–H and O–H groups in total. The van der Waals surface area contributed by atoms with Crippen molar-refractivity contribution in [1.82, 2.24) is 19.6 Å². The molecule has 0 unspecified atom stereocenters. The van der Waals surface area contributed by atoms with Crippen molar-refractivity contribution < 1.29 is 0 Å². The highest BCUT2D eigenvalue weighted by Gasteiger charge is 2.10. The Kier molecular flexibility index (Phi) is 3.20. The first kappa shape index (κ1) is 13.7. The summed E-state index contributed by atoms with van der Waals surface area (Å²) in [5.74, 6) is 0.402. The molecule has 4 aromatic rings. The van der Waals surface area contributed by atoms with Gasteiger partial charge in [-0.3, -0.25) is 9.78 Å². The second kappa shape index (κ2) is 5.37. The number of hydrogen-bond donors (Lipinski definition) is 1. The average molecular weight is 323 g/mol. The molecule has 0 aliphatic carbocycles. The Morgan fingerprint density at radius 2 is 1.70 bits per heavy atom. The SMILES string of the molecule is O=c1[nH]c2nc(-c3ccc(Cl)cc3)cn2nc1-c1ccccc1. The molecule has 2 aromatic carbocycles. The van der Waals surface area contributed by atoms with Crippen molar-refractivity contribution in [2.24, 2.45) is 0 Å². The minimum atomic E-state index is -0.267.